The first-order valence-electron chi connectivity index (χ1n) is 11.6. The third-order valence-electron chi connectivity index (χ3n) is 5.72. The molecular weight excluding hydrogens is 539 g/mol. The molecule has 0 aliphatic heterocycles. The Balaban J connectivity index is 1.78. The molecule has 10 nitrogen and oxygen atoms in total. The molecule has 15 heteroatoms. The summed E-state index contributed by atoms with van der Waals surface area (Å²) >= 11 is 0. The number of carbonyl (C=O) groups is 2. The van der Waals surface area contributed by atoms with Crippen LogP contribution >= 0.6 is 0 Å². The molecule has 40 heavy (non-hydrogen) atoms. The van der Waals surface area contributed by atoms with Crippen molar-refractivity contribution >= 4 is 23.3 Å². The van der Waals surface area contributed by atoms with Crippen LogP contribution in [0.4, 0.5) is 33.5 Å². The Morgan fingerprint density at radius 2 is 1.88 bits per heavy atom. The van der Waals surface area contributed by atoms with E-state index in [9.17, 15) is 31.5 Å². The second-order valence-corrected chi connectivity index (χ2v) is 8.45. The zero-order chi connectivity index (χ0) is 29.0. The molecule has 3 aromatic heterocycles. The molecule has 1 aromatic carbocycles. The van der Waals surface area contributed by atoms with Crippen molar-refractivity contribution in [2.75, 3.05) is 19.0 Å². The van der Waals surface area contributed by atoms with E-state index < -0.39 is 41.2 Å². The predicted octanol–water partition coefficient (Wildman–Crippen LogP) is 3.41. The average molecular weight is 560 g/mol. The highest BCUT2D eigenvalue weighted by Crippen LogP contribution is 2.32. The number of imidazole rings is 1. The predicted molar refractivity (Wildman–Crippen MR) is 132 cm³/mol. The SMILES string of the molecule is CNC(=O)C(Cc1c[nH]cn1)NC(=O)c1cc(N(C)c2ccc(F)cc2F)nc(-c2cncc(C(F)(F)F)c2)n1. The largest absolute Gasteiger partial charge is 0.417 e. The Morgan fingerprint density at radius 1 is 1.10 bits per heavy atom. The third-order valence-corrected chi connectivity index (χ3v) is 5.72. The Labute approximate surface area is 223 Å². The number of pyridine rings is 1. The Bertz CT molecular complexity index is 1530. The Kier molecular flexibility index (Phi) is 8.02. The normalized spacial score (nSPS) is 12.1. The van der Waals surface area contributed by atoms with Gasteiger partial charge in [0.25, 0.3) is 5.91 Å². The first kappa shape index (κ1) is 28.1. The van der Waals surface area contributed by atoms with E-state index in [4.69, 9.17) is 0 Å². The molecule has 3 N–H and O–H groups in total. The monoisotopic (exact) mass is 560 g/mol. The van der Waals surface area contributed by atoms with Gasteiger partial charge < -0.3 is 20.5 Å². The first-order chi connectivity index (χ1) is 19.0. The molecule has 1 atom stereocenters. The number of anilines is 2. The summed E-state index contributed by atoms with van der Waals surface area (Å²) in [6.07, 6.45) is -0.0897. The summed E-state index contributed by atoms with van der Waals surface area (Å²) in [5.74, 6) is -3.64. The van der Waals surface area contributed by atoms with E-state index in [1.807, 2.05) is 0 Å². The number of alkyl halides is 3. The number of amides is 2. The molecule has 0 aliphatic rings. The van der Waals surface area contributed by atoms with Crippen LogP contribution in [-0.4, -0.2) is 56.9 Å². The van der Waals surface area contributed by atoms with Gasteiger partial charge in [0.15, 0.2) is 5.82 Å². The van der Waals surface area contributed by atoms with Crippen LogP contribution in [0.2, 0.25) is 0 Å². The summed E-state index contributed by atoms with van der Waals surface area (Å²) in [6.45, 7) is 0. The molecule has 0 saturated carbocycles. The zero-order valence-corrected chi connectivity index (χ0v) is 20.9. The van der Waals surface area contributed by atoms with Crippen molar-refractivity contribution in [2.45, 2.75) is 18.6 Å². The fourth-order valence-corrected chi connectivity index (χ4v) is 3.67. The number of hydrogen-bond donors (Lipinski definition) is 3. The number of halogens is 5. The number of hydrogen-bond acceptors (Lipinski definition) is 7. The zero-order valence-electron chi connectivity index (χ0n) is 20.9. The molecule has 1 unspecified atom stereocenters. The molecule has 0 saturated heterocycles. The van der Waals surface area contributed by atoms with Gasteiger partial charge in [0.2, 0.25) is 5.91 Å². The minimum Gasteiger partial charge on any atom is -0.357 e. The van der Waals surface area contributed by atoms with Crippen LogP contribution in [0.25, 0.3) is 11.4 Å². The van der Waals surface area contributed by atoms with E-state index in [-0.39, 0.29) is 35.0 Å². The molecule has 0 radical (unpaired) electrons. The number of nitrogens with one attached hydrogen (secondary N) is 3. The lowest BCUT2D eigenvalue weighted by atomic mass is 10.1. The van der Waals surface area contributed by atoms with Crippen LogP contribution in [-0.2, 0) is 17.4 Å². The van der Waals surface area contributed by atoms with Crippen molar-refractivity contribution in [3.8, 4) is 11.4 Å². The lowest BCUT2D eigenvalue weighted by molar-refractivity contribution is -0.137. The number of aromatic nitrogens is 5. The van der Waals surface area contributed by atoms with E-state index >= 15 is 0 Å². The Hall–Kier alpha value is -4.95. The number of nitrogens with zero attached hydrogens (tertiary/aromatic N) is 5. The van der Waals surface area contributed by atoms with Crippen molar-refractivity contribution in [2.24, 2.45) is 0 Å². The lowest BCUT2D eigenvalue weighted by Crippen LogP contribution is -2.47. The number of rotatable bonds is 8. The van der Waals surface area contributed by atoms with E-state index in [2.05, 4.69) is 35.6 Å². The smallest absolute Gasteiger partial charge is 0.357 e. The van der Waals surface area contributed by atoms with Gasteiger partial charge in [-0.15, -0.1) is 0 Å². The standard InChI is InChI=1S/C25H21F5N8O2/c1-31-23(39)18(7-16-11-33-12-34-16)36-24(40)19-8-21(38(2)20-4-3-15(26)6-17(20)27)37-22(35-19)13-5-14(10-32-9-13)25(28,29)30/h3-6,8-12,18H,7H2,1-2H3,(H,31,39)(H,33,34)(H,36,40). The van der Waals surface area contributed by atoms with E-state index in [0.717, 1.165) is 35.4 Å². The summed E-state index contributed by atoms with van der Waals surface area (Å²) in [5.41, 5.74) is -1.27. The highest BCUT2D eigenvalue weighted by molar-refractivity contribution is 5.97. The maximum Gasteiger partial charge on any atom is 0.417 e. The van der Waals surface area contributed by atoms with Gasteiger partial charge >= 0.3 is 6.18 Å². The van der Waals surface area contributed by atoms with Gasteiger partial charge in [-0.25, -0.2) is 23.7 Å². The molecule has 0 aliphatic carbocycles. The minimum absolute atomic E-state index is 0.0119. The fourth-order valence-electron chi connectivity index (χ4n) is 3.67. The fraction of sp³-hybridized carbons (Fsp3) is 0.200. The van der Waals surface area contributed by atoms with Crippen LogP contribution in [0.15, 0.2) is 55.2 Å². The van der Waals surface area contributed by atoms with Gasteiger partial charge in [-0.3, -0.25) is 14.6 Å². The molecule has 4 rings (SSSR count). The third kappa shape index (κ3) is 6.36. The van der Waals surface area contributed by atoms with E-state index in [0.29, 0.717) is 18.0 Å². The van der Waals surface area contributed by atoms with Gasteiger partial charge in [0, 0.05) is 56.8 Å². The second-order valence-electron chi connectivity index (χ2n) is 8.45. The number of H-pyrrole nitrogens is 1. The molecule has 3 heterocycles. The summed E-state index contributed by atoms with van der Waals surface area (Å²) in [4.78, 5) is 45.6. The van der Waals surface area contributed by atoms with E-state index in [1.54, 1.807) is 0 Å². The minimum atomic E-state index is -4.72. The maximum atomic E-state index is 14.5. The first-order valence-corrected chi connectivity index (χ1v) is 11.6. The Morgan fingerprint density at radius 3 is 2.52 bits per heavy atom. The van der Waals surface area contributed by atoms with Crippen LogP contribution in [0.1, 0.15) is 21.7 Å². The van der Waals surface area contributed by atoms with E-state index in [1.165, 1.54) is 26.6 Å². The van der Waals surface area contributed by atoms with Crippen molar-refractivity contribution in [1.29, 1.82) is 0 Å². The molecule has 4 aromatic rings. The van der Waals surface area contributed by atoms with Crippen molar-refractivity contribution in [3.63, 3.8) is 0 Å². The summed E-state index contributed by atoms with van der Waals surface area (Å²) in [5, 5.41) is 4.96. The number of carbonyl (C=O) groups excluding carboxylic acids is 2. The van der Waals surface area contributed by atoms with Crippen molar-refractivity contribution in [3.05, 3.63) is 83.8 Å². The molecule has 2 amide bonds. The summed E-state index contributed by atoms with van der Waals surface area (Å²) in [7, 11) is 2.74. The lowest BCUT2D eigenvalue weighted by Gasteiger charge is -2.21. The van der Waals surface area contributed by atoms with Crippen LogP contribution in [0.5, 0.6) is 0 Å². The highest BCUT2D eigenvalue weighted by Gasteiger charge is 2.32. The van der Waals surface area contributed by atoms with Gasteiger partial charge in [-0.2, -0.15) is 13.2 Å². The quantitative estimate of drug-likeness (QED) is 0.282. The molecular formula is C25H21F5N8O2. The van der Waals surface area contributed by atoms with Crippen LogP contribution in [0.3, 0.4) is 0 Å². The molecule has 0 bridgehead atoms. The molecule has 0 spiro atoms. The maximum absolute atomic E-state index is 14.5. The van der Waals surface area contributed by atoms with Gasteiger partial charge in [0.1, 0.15) is 29.2 Å². The van der Waals surface area contributed by atoms with Crippen molar-refractivity contribution < 1.29 is 31.5 Å². The second kappa shape index (κ2) is 11.4. The van der Waals surface area contributed by atoms with Gasteiger partial charge in [-0.05, 0) is 18.2 Å². The van der Waals surface area contributed by atoms with Gasteiger partial charge in [0.05, 0.1) is 23.3 Å². The number of benzene rings is 1. The molecule has 208 valence electrons. The topological polar surface area (TPSA) is 129 Å². The van der Waals surface area contributed by atoms with Crippen molar-refractivity contribution in [1.82, 2.24) is 35.6 Å². The van der Waals surface area contributed by atoms with Crippen LogP contribution in [0, 0.1) is 11.6 Å². The highest BCUT2D eigenvalue weighted by atomic mass is 19.4. The van der Waals surface area contributed by atoms with Crippen LogP contribution < -0.4 is 15.5 Å². The van der Waals surface area contributed by atoms with Gasteiger partial charge in [-0.1, -0.05) is 0 Å². The summed E-state index contributed by atoms with van der Waals surface area (Å²) in [6, 6.07) is 3.58. The number of aromatic amines is 1. The summed E-state index contributed by atoms with van der Waals surface area (Å²) < 4.78 is 68.0. The number of likely N-dealkylation sites (N-methyl/N-ethyl adjacent to an activating group) is 1. The molecule has 0 fully saturated rings. The average Bonchev–Trinajstić information content (AvgIpc) is 3.44.